The number of halogens is 2. The smallest absolute Gasteiger partial charge is 0.314 e. The van der Waals surface area contributed by atoms with Gasteiger partial charge < -0.3 is 5.32 Å². The third-order valence-electron chi connectivity index (χ3n) is 1.44. The van der Waals surface area contributed by atoms with Crippen molar-refractivity contribution < 1.29 is 8.78 Å². The highest BCUT2D eigenvalue weighted by molar-refractivity contribution is 5.06. The molecule has 0 radical (unpaired) electrons. The molecule has 0 aromatic carbocycles. The minimum absolute atomic E-state index is 0.470. The molecule has 1 aromatic rings. The number of nitrogens with one attached hydrogen (secondary N) is 1. The van der Waals surface area contributed by atoms with Crippen LogP contribution >= 0.6 is 0 Å². The highest BCUT2D eigenvalue weighted by Crippen LogP contribution is 2.13. The van der Waals surface area contributed by atoms with Crippen LogP contribution in [0.5, 0.6) is 0 Å². The molecule has 0 saturated carbocycles. The second-order valence-electron chi connectivity index (χ2n) is 2.21. The molecule has 0 fully saturated rings. The lowest BCUT2D eigenvalue weighted by molar-refractivity contribution is 0.0675. The predicted molar refractivity (Wildman–Crippen MR) is 38.4 cm³/mol. The summed E-state index contributed by atoms with van der Waals surface area (Å²) < 4.78 is 25.2. The second-order valence-corrected chi connectivity index (χ2v) is 2.21. The van der Waals surface area contributed by atoms with Gasteiger partial charge in [-0.2, -0.15) is 8.78 Å². The van der Waals surface area contributed by atoms with E-state index in [1.807, 2.05) is 0 Å². The molecule has 1 rings (SSSR count). The van der Waals surface area contributed by atoms with Crippen molar-refractivity contribution in [3.05, 3.63) is 24.0 Å². The lowest BCUT2D eigenvalue weighted by atomic mass is 10.4. The first kappa shape index (κ1) is 8.20. The molecule has 0 amide bonds. The summed E-state index contributed by atoms with van der Waals surface area (Å²) >= 11 is 0. The Morgan fingerprint density at radius 3 is 2.91 bits per heavy atom. The van der Waals surface area contributed by atoms with Crippen LogP contribution < -0.4 is 5.32 Å². The zero-order valence-electron chi connectivity index (χ0n) is 6.22. The fraction of sp³-hybridized carbons (Fsp3) is 0.429. The van der Waals surface area contributed by atoms with Gasteiger partial charge in [-0.15, -0.1) is 0 Å². The third kappa shape index (κ3) is 1.77. The fourth-order valence-corrected chi connectivity index (χ4v) is 0.950. The van der Waals surface area contributed by atoms with E-state index in [4.69, 9.17) is 0 Å². The van der Waals surface area contributed by atoms with Gasteiger partial charge >= 0.3 is 6.55 Å². The van der Waals surface area contributed by atoms with E-state index >= 15 is 0 Å². The maximum Gasteiger partial charge on any atom is 0.318 e. The normalized spacial score (nSPS) is 10.9. The molecule has 1 aromatic heterocycles. The molecule has 0 aliphatic heterocycles. The quantitative estimate of drug-likeness (QED) is 0.710. The minimum Gasteiger partial charge on any atom is -0.314 e. The summed E-state index contributed by atoms with van der Waals surface area (Å²) in [6.07, 6.45) is 1.37. The van der Waals surface area contributed by atoms with E-state index in [-0.39, 0.29) is 0 Å². The lowest BCUT2D eigenvalue weighted by Crippen LogP contribution is -2.10. The summed E-state index contributed by atoms with van der Waals surface area (Å²) in [5.74, 6) is 0. The van der Waals surface area contributed by atoms with Gasteiger partial charge in [-0.1, -0.05) is 0 Å². The van der Waals surface area contributed by atoms with Crippen LogP contribution in [0.4, 0.5) is 8.78 Å². The SMILES string of the molecule is CNCc1cccn1C(F)F. The van der Waals surface area contributed by atoms with Crippen molar-refractivity contribution in [1.29, 1.82) is 0 Å². The number of rotatable bonds is 3. The van der Waals surface area contributed by atoms with Gasteiger partial charge in [0.05, 0.1) is 0 Å². The predicted octanol–water partition coefficient (Wildman–Crippen LogP) is 1.60. The van der Waals surface area contributed by atoms with Crippen molar-refractivity contribution in [1.82, 2.24) is 9.88 Å². The summed E-state index contributed by atoms with van der Waals surface area (Å²) in [6.45, 7) is -1.97. The van der Waals surface area contributed by atoms with Gasteiger partial charge in [0.25, 0.3) is 0 Å². The molecular weight excluding hydrogens is 150 g/mol. The first-order valence-electron chi connectivity index (χ1n) is 3.34. The second kappa shape index (κ2) is 3.48. The zero-order valence-corrected chi connectivity index (χ0v) is 6.22. The Hall–Kier alpha value is -0.900. The summed E-state index contributed by atoms with van der Waals surface area (Å²) in [6, 6.07) is 3.28. The Morgan fingerprint density at radius 1 is 1.64 bits per heavy atom. The number of aromatic nitrogens is 1. The monoisotopic (exact) mass is 160 g/mol. The van der Waals surface area contributed by atoms with Crippen LogP contribution in [0.3, 0.4) is 0 Å². The van der Waals surface area contributed by atoms with Gasteiger partial charge in [-0.05, 0) is 19.2 Å². The van der Waals surface area contributed by atoms with Crippen molar-refractivity contribution in [3.8, 4) is 0 Å². The van der Waals surface area contributed by atoms with Crippen LogP contribution in [0.25, 0.3) is 0 Å². The lowest BCUT2D eigenvalue weighted by Gasteiger charge is -2.06. The van der Waals surface area contributed by atoms with E-state index < -0.39 is 6.55 Å². The maximum absolute atomic E-state index is 12.1. The van der Waals surface area contributed by atoms with Crippen LogP contribution in [0, 0.1) is 0 Å². The number of alkyl halides is 2. The number of hydrogen-bond acceptors (Lipinski definition) is 1. The topological polar surface area (TPSA) is 17.0 Å². The molecule has 4 heteroatoms. The molecule has 0 saturated heterocycles. The Bertz CT molecular complexity index is 220. The Morgan fingerprint density at radius 2 is 2.36 bits per heavy atom. The molecule has 11 heavy (non-hydrogen) atoms. The summed E-state index contributed by atoms with van der Waals surface area (Å²) in [5.41, 5.74) is 0.600. The van der Waals surface area contributed by atoms with Crippen molar-refractivity contribution in [2.24, 2.45) is 0 Å². The van der Waals surface area contributed by atoms with E-state index in [9.17, 15) is 8.78 Å². The molecule has 0 atom stereocenters. The summed E-state index contributed by atoms with van der Waals surface area (Å²) in [4.78, 5) is 0. The molecular formula is C7H10F2N2. The van der Waals surface area contributed by atoms with Gasteiger partial charge in [0, 0.05) is 18.4 Å². The third-order valence-corrected chi connectivity index (χ3v) is 1.44. The van der Waals surface area contributed by atoms with Gasteiger partial charge in [-0.3, -0.25) is 4.57 Å². The Kier molecular flexibility index (Phi) is 2.59. The van der Waals surface area contributed by atoms with Gasteiger partial charge in [0.1, 0.15) is 0 Å². The molecule has 0 aliphatic carbocycles. The highest BCUT2D eigenvalue weighted by Gasteiger charge is 2.07. The molecule has 0 spiro atoms. The standard InChI is InChI=1S/C7H10F2N2/c1-10-5-6-3-2-4-11(6)7(8)9/h2-4,7,10H,5H2,1H3. The van der Waals surface area contributed by atoms with Crippen molar-refractivity contribution >= 4 is 0 Å². The molecule has 0 aliphatic rings. The highest BCUT2D eigenvalue weighted by atomic mass is 19.3. The summed E-state index contributed by atoms with van der Waals surface area (Å²) in [5, 5.41) is 2.81. The van der Waals surface area contributed by atoms with Crippen molar-refractivity contribution in [2.45, 2.75) is 13.1 Å². The number of hydrogen-bond donors (Lipinski definition) is 1. The molecule has 2 nitrogen and oxygen atoms in total. The maximum atomic E-state index is 12.1. The minimum atomic E-state index is -2.44. The summed E-state index contributed by atoms with van der Waals surface area (Å²) in [7, 11) is 1.73. The van der Waals surface area contributed by atoms with Crippen LogP contribution in [-0.2, 0) is 6.54 Å². The van der Waals surface area contributed by atoms with Crippen molar-refractivity contribution in [2.75, 3.05) is 7.05 Å². The zero-order chi connectivity index (χ0) is 8.27. The largest absolute Gasteiger partial charge is 0.318 e. The molecule has 1 N–H and O–H groups in total. The molecule has 0 bridgehead atoms. The van der Waals surface area contributed by atoms with Gasteiger partial charge in [0.2, 0.25) is 0 Å². The van der Waals surface area contributed by atoms with E-state index in [1.165, 1.54) is 6.20 Å². The Balaban J connectivity index is 2.78. The van der Waals surface area contributed by atoms with E-state index in [0.717, 1.165) is 4.57 Å². The average molecular weight is 160 g/mol. The Labute approximate surface area is 63.8 Å². The average Bonchev–Trinajstić information content (AvgIpc) is 2.36. The fourth-order valence-electron chi connectivity index (χ4n) is 0.950. The van der Waals surface area contributed by atoms with Gasteiger partial charge in [0.15, 0.2) is 0 Å². The van der Waals surface area contributed by atoms with E-state index in [0.29, 0.717) is 12.2 Å². The van der Waals surface area contributed by atoms with E-state index in [1.54, 1.807) is 19.2 Å². The van der Waals surface area contributed by atoms with E-state index in [2.05, 4.69) is 5.32 Å². The molecule has 62 valence electrons. The van der Waals surface area contributed by atoms with Crippen LogP contribution in [0.2, 0.25) is 0 Å². The first-order chi connectivity index (χ1) is 5.25. The first-order valence-corrected chi connectivity index (χ1v) is 3.34. The van der Waals surface area contributed by atoms with Crippen molar-refractivity contribution in [3.63, 3.8) is 0 Å². The molecule has 0 unspecified atom stereocenters. The van der Waals surface area contributed by atoms with Gasteiger partial charge in [-0.25, -0.2) is 0 Å². The van der Waals surface area contributed by atoms with Crippen LogP contribution in [-0.4, -0.2) is 11.6 Å². The number of nitrogens with zero attached hydrogens (tertiary/aromatic N) is 1. The van der Waals surface area contributed by atoms with Crippen LogP contribution in [0.15, 0.2) is 18.3 Å². The molecule has 1 heterocycles. The van der Waals surface area contributed by atoms with Crippen LogP contribution in [0.1, 0.15) is 12.2 Å².